The van der Waals surface area contributed by atoms with E-state index in [0.29, 0.717) is 68.3 Å². The highest BCUT2D eigenvalue weighted by Gasteiger charge is 2.93. The summed E-state index contributed by atoms with van der Waals surface area (Å²) < 4.78 is 441. The number of rotatable bonds is 21. The summed E-state index contributed by atoms with van der Waals surface area (Å²) in [5.41, 5.74) is -21.2. The first-order valence-corrected chi connectivity index (χ1v) is 44.8. The summed E-state index contributed by atoms with van der Waals surface area (Å²) in [6, 6.07) is 45.7. The van der Waals surface area contributed by atoms with Crippen LogP contribution in [-0.4, -0.2) is 160 Å². The quantitative estimate of drug-likeness (QED) is 0.0376. The molecule has 678 valence electrons. The summed E-state index contributed by atoms with van der Waals surface area (Å²) in [4.78, 5) is 3.98. The van der Waals surface area contributed by atoms with Crippen LogP contribution in [0.5, 0.6) is 23.0 Å². The average molecular weight is 1870 g/mol. The molecular weight excluding hydrogens is 1790 g/mol. The first kappa shape index (κ1) is 90.5. The van der Waals surface area contributed by atoms with E-state index < -0.39 is 219 Å². The van der Waals surface area contributed by atoms with Crippen molar-refractivity contribution in [2.24, 2.45) is 69.0 Å². The Morgan fingerprint density at radius 1 is 0.298 bits per heavy atom. The Hall–Kier alpha value is -6.80. The SMILES string of the molecule is FC(F)(F)C1(C(F)(F)F)OC2C1C1CCC2(COc2ccccc2[S+](c2ccccc2)c2ccccc2OCC23CCC(C2)C2C3OC2(C(F)(F)F)C(F)(F)F)C1.FC(F)(F)C1(C(F)(F)F)OC2C1C1CCC2(COc2ccccc2[S+](c2ccccc2)c2ccccc2OCC23CCC(C2)C2C3OC2(C(F)(F)F)C(F)(F)F)C1.O=S(=O)([O-])CCS(=O)(=O)[O-]. The lowest BCUT2D eigenvalue weighted by Gasteiger charge is -2.59. The number of para-hydroxylation sites is 4. The summed E-state index contributed by atoms with van der Waals surface area (Å²) in [6.07, 6.45) is -48.0. The highest BCUT2D eigenvalue weighted by atomic mass is 32.2. The van der Waals surface area contributed by atoms with Crippen LogP contribution in [0.3, 0.4) is 0 Å². The highest BCUT2D eigenvalue weighted by Crippen LogP contribution is 2.78. The van der Waals surface area contributed by atoms with Crippen LogP contribution in [0.4, 0.5) is 105 Å². The zero-order valence-electron chi connectivity index (χ0n) is 64.1. The van der Waals surface area contributed by atoms with Gasteiger partial charge in [-0.1, -0.05) is 84.9 Å². The zero-order chi connectivity index (χ0) is 89.6. The number of fused-ring (bicyclic) bond motifs is 20. The summed E-state index contributed by atoms with van der Waals surface area (Å²) in [6.45, 7) is -0.773. The van der Waals surface area contributed by atoms with E-state index in [1.165, 1.54) is 0 Å². The number of benzene rings is 6. The molecule has 18 rings (SSSR count). The zero-order valence-corrected chi connectivity index (χ0v) is 67.4. The number of ether oxygens (including phenoxy) is 8. The molecule has 14 nitrogen and oxygen atoms in total. The molecule has 0 spiro atoms. The minimum absolute atomic E-state index is 0.0840. The second-order valence-corrected chi connectivity index (χ2v) is 41.3. The van der Waals surface area contributed by atoms with E-state index in [9.17, 15) is 131 Å². The van der Waals surface area contributed by atoms with Gasteiger partial charge in [0.25, 0.3) is 22.4 Å². The largest absolute Gasteiger partial charge is 0.748 e. The third kappa shape index (κ3) is 14.3. The van der Waals surface area contributed by atoms with Gasteiger partial charge >= 0.3 is 49.4 Å². The van der Waals surface area contributed by atoms with E-state index >= 15 is 0 Å². The Balaban J connectivity index is 0.000000165. The fourth-order valence-corrected chi connectivity index (χ4v) is 29.0. The minimum Gasteiger partial charge on any atom is -0.748 e. The number of hydrogen-bond donors (Lipinski definition) is 0. The first-order chi connectivity index (χ1) is 57.6. The molecule has 124 heavy (non-hydrogen) atoms. The summed E-state index contributed by atoms with van der Waals surface area (Å²) in [5, 5.41) is 0. The summed E-state index contributed by atoms with van der Waals surface area (Å²) in [5.74, 6) is -11.5. The van der Waals surface area contributed by atoms with Crippen LogP contribution in [0.1, 0.15) is 77.0 Å². The van der Waals surface area contributed by atoms with Crippen molar-refractivity contribution < 1.29 is 169 Å². The lowest BCUT2D eigenvalue weighted by Crippen LogP contribution is -2.77. The van der Waals surface area contributed by atoms with Gasteiger partial charge in [-0.3, -0.25) is 0 Å². The molecule has 4 saturated heterocycles. The van der Waals surface area contributed by atoms with Gasteiger partial charge in [0.1, 0.15) is 21.8 Å². The Morgan fingerprint density at radius 3 is 0.669 bits per heavy atom. The van der Waals surface area contributed by atoms with E-state index in [4.69, 9.17) is 37.9 Å². The van der Waals surface area contributed by atoms with Crippen molar-refractivity contribution in [2.75, 3.05) is 37.9 Å². The van der Waals surface area contributed by atoms with Crippen LogP contribution in [0.2, 0.25) is 0 Å². The van der Waals surface area contributed by atoms with Gasteiger partial charge < -0.3 is 47.0 Å². The van der Waals surface area contributed by atoms with E-state index in [1.807, 2.05) is 24.3 Å². The molecule has 0 radical (unpaired) electrons. The standard InChI is InChI=1S/2C40H35F12O4S.C2H6O6S2/c2*41-37(42,43)35(38(44,45)46)29-22-14-16-33(18-22,31(29)55-35)20-53-25-10-4-6-12-27(25)57(24-8-2-1-3-9-24)28-13-7-5-11-26(28)54-21-34-17-15-23(19-34)30-32(34)56-36(30,39(47,48)49)40(50,51)52;3-9(4,5)1-2-10(6,7)8/h2*1-13,22-23,29-32H,14-21H2;1-2H2,(H,3,4,5)(H,6,7,8)/q2*+1;/p-2. The van der Waals surface area contributed by atoms with Crippen molar-refractivity contribution in [3.05, 3.63) is 158 Å². The molecule has 16 atom stereocenters. The number of halogens is 24. The van der Waals surface area contributed by atoms with E-state index in [0.717, 1.165) is 9.79 Å². The molecule has 4 heterocycles. The van der Waals surface area contributed by atoms with Crippen molar-refractivity contribution in [2.45, 2.75) is 203 Å². The predicted octanol–water partition coefficient (Wildman–Crippen LogP) is 19.9. The van der Waals surface area contributed by atoms with Gasteiger partial charge in [-0.2, -0.15) is 105 Å². The van der Waals surface area contributed by atoms with Gasteiger partial charge in [0.15, 0.2) is 32.8 Å². The Labute approximate surface area is 698 Å². The third-order valence-corrected chi connectivity index (χ3v) is 34.1. The fraction of sp³-hybridized carbons (Fsp3) is 0.561. The fourth-order valence-electron chi connectivity index (χ4n) is 22.8. The van der Waals surface area contributed by atoms with Gasteiger partial charge in [0.05, 0.1) is 82.6 Å². The topological polar surface area (TPSA) is 188 Å². The molecule has 16 unspecified atom stereocenters. The van der Waals surface area contributed by atoms with E-state index in [1.54, 1.807) is 133 Å². The smallest absolute Gasteiger partial charge is 0.426 e. The average Bonchev–Trinajstić information content (AvgIpc) is 1.50. The second kappa shape index (κ2) is 30.4. The maximum Gasteiger partial charge on any atom is 0.426 e. The molecule has 6 aromatic carbocycles. The van der Waals surface area contributed by atoms with Gasteiger partial charge in [0.2, 0.25) is 19.6 Å². The summed E-state index contributed by atoms with van der Waals surface area (Å²) in [7, 11) is -11.2. The third-order valence-electron chi connectivity index (χ3n) is 27.9. The molecular formula is C82H74F24O14S4. The normalized spacial score (nSPS) is 32.2. The van der Waals surface area contributed by atoms with Crippen LogP contribution in [-0.2, 0) is 61.0 Å². The maximum absolute atomic E-state index is 14.1. The summed E-state index contributed by atoms with van der Waals surface area (Å²) >= 11 is 0. The number of hydrogen-bond acceptors (Lipinski definition) is 14. The predicted molar refractivity (Wildman–Crippen MR) is 386 cm³/mol. The highest BCUT2D eigenvalue weighted by molar-refractivity contribution is 7.97. The number of alkyl halides is 24. The monoisotopic (exact) mass is 1870 g/mol. The molecule has 12 aliphatic rings. The Morgan fingerprint density at radius 2 is 0.484 bits per heavy atom. The van der Waals surface area contributed by atoms with Crippen LogP contribution in [0.25, 0.3) is 0 Å². The van der Waals surface area contributed by atoms with Crippen molar-refractivity contribution >= 4 is 42.0 Å². The first-order valence-electron chi connectivity index (χ1n) is 39.2. The molecule has 12 fully saturated rings. The van der Waals surface area contributed by atoms with Crippen LogP contribution < -0.4 is 18.9 Å². The maximum atomic E-state index is 14.1. The van der Waals surface area contributed by atoms with Crippen molar-refractivity contribution in [1.29, 1.82) is 0 Å². The van der Waals surface area contributed by atoms with Crippen molar-refractivity contribution in [3.63, 3.8) is 0 Å². The van der Waals surface area contributed by atoms with E-state index in [2.05, 4.69) is 0 Å². The van der Waals surface area contributed by atoms with Crippen LogP contribution >= 0.6 is 0 Å². The van der Waals surface area contributed by atoms with Crippen LogP contribution in [0, 0.1) is 69.0 Å². The molecule has 8 aliphatic carbocycles. The van der Waals surface area contributed by atoms with Crippen molar-refractivity contribution in [1.82, 2.24) is 0 Å². The molecule has 0 amide bonds. The molecule has 6 aromatic rings. The molecule has 0 aromatic heterocycles. The Kier molecular flexibility index (Phi) is 22.2. The van der Waals surface area contributed by atoms with E-state index in [-0.39, 0.29) is 77.8 Å². The van der Waals surface area contributed by atoms with Crippen molar-refractivity contribution in [3.8, 4) is 23.0 Å². The van der Waals surface area contributed by atoms with Gasteiger partial charge in [-0.05, 0) is 174 Å². The molecule has 42 heteroatoms. The lowest BCUT2D eigenvalue weighted by molar-refractivity contribution is -0.476. The van der Waals surface area contributed by atoms with Gasteiger partial charge in [-0.25, -0.2) is 16.8 Å². The van der Waals surface area contributed by atoms with Gasteiger partial charge in [-0.15, -0.1) is 0 Å². The molecule has 0 N–H and O–H groups in total. The van der Waals surface area contributed by atoms with Crippen LogP contribution in [0.15, 0.2) is 187 Å². The molecule has 8 bridgehead atoms. The molecule has 8 saturated carbocycles. The lowest BCUT2D eigenvalue weighted by atomic mass is 9.64. The molecule has 4 aliphatic heterocycles. The van der Waals surface area contributed by atoms with Gasteiger partial charge in [0, 0.05) is 45.3 Å². The minimum atomic E-state index is -5.65. The Bertz CT molecular complexity index is 4590. The second-order valence-electron chi connectivity index (χ2n) is 34.3.